The first kappa shape index (κ1) is 18.4. The van der Waals surface area contributed by atoms with Crippen molar-refractivity contribution in [3.05, 3.63) is 0 Å². The van der Waals surface area contributed by atoms with Crippen molar-refractivity contribution in [1.82, 2.24) is 10.2 Å². The highest BCUT2D eigenvalue weighted by Gasteiger charge is 2.35. The molecule has 1 fully saturated rings. The minimum absolute atomic E-state index is 0.183. The number of rotatable bonds is 11. The predicted octanol–water partition coefficient (Wildman–Crippen LogP) is 1.66. The van der Waals surface area contributed by atoms with Gasteiger partial charge in [0.1, 0.15) is 5.54 Å². The highest BCUT2D eigenvalue weighted by Crippen LogP contribution is 2.28. The SMILES string of the molecule is CCOC(=O)C(C)(CC(C)N(C)CCOCC1CC1)NC. The fraction of sp³-hybridized carbons (Fsp3) is 0.938. The van der Waals surface area contributed by atoms with Gasteiger partial charge in [-0.05, 0) is 60.0 Å². The van der Waals surface area contributed by atoms with Gasteiger partial charge in [-0.25, -0.2) is 0 Å². The van der Waals surface area contributed by atoms with Gasteiger partial charge in [0.15, 0.2) is 0 Å². The van der Waals surface area contributed by atoms with E-state index in [0.29, 0.717) is 13.0 Å². The Morgan fingerprint density at radius 2 is 2.14 bits per heavy atom. The molecule has 0 saturated heterocycles. The van der Waals surface area contributed by atoms with Crippen LogP contribution in [-0.4, -0.2) is 62.9 Å². The summed E-state index contributed by atoms with van der Waals surface area (Å²) in [5.41, 5.74) is -0.640. The van der Waals surface area contributed by atoms with Crippen molar-refractivity contribution >= 4 is 5.97 Å². The molecule has 0 aromatic rings. The van der Waals surface area contributed by atoms with E-state index in [-0.39, 0.29) is 12.0 Å². The molecule has 0 spiro atoms. The number of nitrogens with one attached hydrogen (secondary N) is 1. The molecule has 1 aliphatic rings. The fourth-order valence-electron chi connectivity index (χ4n) is 2.29. The molecule has 0 aliphatic heterocycles. The van der Waals surface area contributed by atoms with Gasteiger partial charge in [0.25, 0.3) is 0 Å². The third kappa shape index (κ3) is 6.32. The predicted molar refractivity (Wildman–Crippen MR) is 84.3 cm³/mol. The van der Waals surface area contributed by atoms with Gasteiger partial charge in [-0.3, -0.25) is 4.79 Å². The summed E-state index contributed by atoms with van der Waals surface area (Å²) < 4.78 is 10.8. The number of hydrogen-bond donors (Lipinski definition) is 1. The van der Waals surface area contributed by atoms with Crippen molar-refractivity contribution in [2.24, 2.45) is 5.92 Å². The van der Waals surface area contributed by atoms with Crippen LogP contribution >= 0.6 is 0 Å². The van der Waals surface area contributed by atoms with Crippen molar-refractivity contribution < 1.29 is 14.3 Å². The number of likely N-dealkylation sites (N-methyl/N-ethyl adjacent to an activating group) is 2. The molecule has 0 aromatic carbocycles. The Kier molecular flexibility index (Phi) is 7.63. The molecule has 0 radical (unpaired) electrons. The molecule has 5 heteroatoms. The number of ether oxygens (including phenoxy) is 2. The van der Waals surface area contributed by atoms with Crippen LogP contribution in [0.1, 0.15) is 40.0 Å². The first-order valence-electron chi connectivity index (χ1n) is 8.07. The first-order valence-corrected chi connectivity index (χ1v) is 8.07. The second-order valence-electron chi connectivity index (χ2n) is 6.35. The molecular weight excluding hydrogens is 268 g/mol. The summed E-state index contributed by atoms with van der Waals surface area (Å²) >= 11 is 0. The Morgan fingerprint density at radius 3 is 2.67 bits per heavy atom. The zero-order valence-corrected chi connectivity index (χ0v) is 14.3. The first-order chi connectivity index (χ1) is 9.92. The lowest BCUT2D eigenvalue weighted by Crippen LogP contribution is -2.52. The number of hydrogen-bond acceptors (Lipinski definition) is 5. The van der Waals surface area contributed by atoms with Crippen LogP contribution in [0, 0.1) is 5.92 Å². The summed E-state index contributed by atoms with van der Waals surface area (Å²) in [7, 11) is 3.88. The van der Waals surface area contributed by atoms with Crippen LogP contribution in [0.2, 0.25) is 0 Å². The maximum absolute atomic E-state index is 12.1. The van der Waals surface area contributed by atoms with Crippen molar-refractivity contribution in [2.75, 3.05) is 40.5 Å². The zero-order chi connectivity index (χ0) is 15.9. The molecule has 5 nitrogen and oxygen atoms in total. The lowest BCUT2D eigenvalue weighted by atomic mass is 9.93. The number of carbonyl (C=O) groups excluding carboxylic acids is 1. The van der Waals surface area contributed by atoms with E-state index in [9.17, 15) is 4.79 Å². The molecule has 0 aromatic heterocycles. The van der Waals surface area contributed by atoms with Gasteiger partial charge >= 0.3 is 5.97 Å². The van der Waals surface area contributed by atoms with E-state index < -0.39 is 5.54 Å². The van der Waals surface area contributed by atoms with Crippen LogP contribution in [0.5, 0.6) is 0 Å². The monoisotopic (exact) mass is 300 g/mol. The van der Waals surface area contributed by atoms with Crippen molar-refractivity contribution in [1.29, 1.82) is 0 Å². The molecular formula is C16H32N2O3. The Bertz CT molecular complexity index is 321. The number of nitrogens with zero attached hydrogens (tertiary/aromatic N) is 1. The van der Waals surface area contributed by atoms with Gasteiger partial charge in [0.05, 0.1) is 13.2 Å². The Labute approximate surface area is 129 Å². The van der Waals surface area contributed by atoms with Crippen molar-refractivity contribution in [3.8, 4) is 0 Å². The molecule has 1 saturated carbocycles. The topological polar surface area (TPSA) is 50.8 Å². The average molecular weight is 300 g/mol. The molecule has 0 bridgehead atoms. The summed E-state index contributed by atoms with van der Waals surface area (Å²) in [5.74, 6) is 0.627. The molecule has 2 atom stereocenters. The fourth-order valence-corrected chi connectivity index (χ4v) is 2.29. The van der Waals surface area contributed by atoms with E-state index in [1.807, 2.05) is 20.9 Å². The third-order valence-electron chi connectivity index (χ3n) is 4.37. The van der Waals surface area contributed by atoms with Crippen LogP contribution in [0.4, 0.5) is 0 Å². The highest BCUT2D eigenvalue weighted by atomic mass is 16.5. The quantitative estimate of drug-likeness (QED) is 0.464. The smallest absolute Gasteiger partial charge is 0.326 e. The summed E-state index contributed by atoms with van der Waals surface area (Å²) in [5, 5.41) is 3.11. The van der Waals surface area contributed by atoms with Crippen LogP contribution in [0.3, 0.4) is 0 Å². The molecule has 2 unspecified atom stereocenters. The van der Waals surface area contributed by atoms with Gasteiger partial charge in [-0.15, -0.1) is 0 Å². The number of esters is 1. The van der Waals surface area contributed by atoms with Crippen LogP contribution in [0.15, 0.2) is 0 Å². The summed E-state index contributed by atoms with van der Waals surface area (Å²) in [6.45, 7) is 8.83. The molecule has 124 valence electrons. The van der Waals surface area contributed by atoms with Gasteiger partial charge < -0.3 is 19.7 Å². The van der Waals surface area contributed by atoms with E-state index >= 15 is 0 Å². The Morgan fingerprint density at radius 1 is 1.48 bits per heavy atom. The summed E-state index contributed by atoms with van der Waals surface area (Å²) in [6, 6.07) is 0.274. The van der Waals surface area contributed by atoms with E-state index in [1.54, 1.807) is 0 Å². The van der Waals surface area contributed by atoms with E-state index in [1.165, 1.54) is 12.8 Å². The number of carbonyl (C=O) groups is 1. The van der Waals surface area contributed by atoms with Crippen LogP contribution in [0.25, 0.3) is 0 Å². The summed E-state index contributed by atoms with van der Waals surface area (Å²) in [4.78, 5) is 14.3. The van der Waals surface area contributed by atoms with Gasteiger partial charge in [0, 0.05) is 19.2 Å². The second-order valence-corrected chi connectivity index (χ2v) is 6.35. The minimum Gasteiger partial charge on any atom is -0.465 e. The molecule has 0 heterocycles. The zero-order valence-electron chi connectivity index (χ0n) is 14.3. The van der Waals surface area contributed by atoms with Crippen LogP contribution in [-0.2, 0) is 14.3 Å². The minimum atomic E-state index is -0.640. The molecule has 0 amide bonds. The molecule has 1 aliphatic carbocycles. The largest absolute Gasteiger partial charge is 0.465 e. The van der Waals surface area contributed by atoms with Crippen molar-refractivity contribution in [3.63, 3.8) is 0 Å². The van der Waals surface area contributed by atoms with Gasteiger partial charge in [-0.1, -0.05) is 0 Å². The van der Waals surface area contributed by atoms with Gasteiger partial charge in [0.2, 0.25) is 0 Å². The van der Waals surface area contributed by atoms with Gasteiger partial charge in [-0.2, -0.15) is 0 Å². The maximum Gasteiger partial charge on any atom is 0.326 e. The van der Waals surface area contributed by atoms with E-state index in [2.05, 4.69) is 24.2 Å². The highest BCUT2D eigenvalue weighted by molar-refractivity contribution is 5.80. The molecule has 1 rings (SSSR count). The van der Waals surface area contributed by atoms with Crippen molar-refractivity contribution in [2.45, 2.75) is 51.6 Å². The Balaban J connectivity index is 2.32. The third-order valence-corrected chi connectivity index (χ3v) is 4.37. The lowest BCUT2D eigenvalue weighted by molar-refractivity contribution is -0.151. The Hall–Kier alpha value is -0.650. The standard InChI is InChI=1S/C16H32N2O3/c1-6-21-15(19)16(3,17-4)11-13(2)18(5)9-10-20-12-14-7-8-14/h13-14,17H,6-12H2,1-5H3. The molecule has 21 heavy (non-hydrogen) atoms. The molecule has 1 N–H and O–H groups in total. The second kappa shape index (κ2) is 8.71. The normalized spacial score (nSPS) is 19.3. The average Bonchev–Trinajstić information content (AvgIpc) is 3.27. The van der Waals surface area contributed by atoms with Crippen LogP contribution < -0.4 is 5.32 Å². The maximum atomic E-state index is 12.1. The lowest BCUT2D eigenvalue weighted by Gasteiger charge is -2.33. The summed E-state index contributed by atoms with van der Waals surface area (Å²) in [6.07, 6.45) is 3.36. The van der Waals surface area contributed by atoms with E-state index in [4.69, 9.17) is 9.47 Å². The van der Waals surface area contributed by atoms with E-state index in [0.717, 1.165) is 25.7 Å².